The fourth-order valence-electron chi connectivity index (χ4n) is 3.06. The zero-order valence-electron chi connectivity index (χ0n) is 15.3. The maximum absolute atomic E-state index is 12.5. The van der Waals surface area contributed by atoms with E-state index in [0.717, 1.165) is 16.9 Å². The van der Waals surface area contributed by atoms with E-state index in [-0.39, 0.29) is 12.5 Å². The van der Waals surface area contributed by atoms with Gasteiger partial charge < -0.3 is 9.88 Å². The van der Waals surface area contributed by atoms with Gasteiger partial charge in [0.15, 0.2) is 11.5 Å². The second-order valence-electron chi connectivity index (χ2n) is 6.44. The molecule has 7 nitrogen and oxygen atoms in total. The van der Waals surface area contributed by atoms with E-state index in [2.05, 4.69) is 20.6 Å². The lowest BCUT2D eigenvalue weighted by molar-refractivity contribution is 0.0949. The van der Waals surface area contributed by atoms with E-state index >= 15 is 0 Å². The van der Waals surface area contributed by atoms with Gasteiger partial charge in [-0.15, -0.1) is 10.2 Å². The molecule has 5 aromatic rings. The summed E-state index contributed by atoms with van der Waals surface area (Å²) in [6.07, 6.45) is 3.92. The number of thiophene rings is 1. The number of hydrogen-bond acceptors (Lipinski definition) is 5. The maximum Gasteiger partial charge on any atom is 0.251 e. The third-order valence-corrected chi connectivity index (χ3v) is 5.27. The molecule has 8 heteroatoms. The first-order valence-corrected chi connectivity index (χ1v) is 9.98. The maximum atomic E-state index is 12.5. The van der Waals surface area contributed by atoms with E-state index in [4.69, 9.17) is 0 Å². The van der Waals surface area contributed by atoms with Gasteiger partial charge in [0.25, 0.3) is 5.91 Å². The molecule has 0 fully saturated rings. The molecule has 0 aliphatic rings. The number of benzene rings is 1. The van der Waals surface area contributed by atoms with Crippen molar-refractivity contribution < 1.29 is 4.79 Å². The zero-order chi connectivity index (χ0) is 19.6. The Bertz CT molecular complexity index is 1260. The quantitative estimate of drug-likeness (QED) is 0.489. The van der Waals surface area contributed by atoms with E-state index in [1.165, 1.54) is 0 Å². The van der Waals surface area contributed by atoms with Gasteiger partial charge in [-0.3, -0.25) is 4.79 Å². The van der Waals surface area contributed by atoms with Gasteiger partial charge in [0.05, 0.1) is 12.2 Å². The molecule has 5 rings (SSSR count). The fourth-order valence-corrected chi connectivity index (χ4v) is 3.71. The van der Waals surface area contributed by atoms with Crippen LogP contribution >= 0.6 is 11.3 Å². The number of fused-ring (bicyclic) bond motifs is 1. The minimum absolute atomic E-state index is 0.171. The van der Waals surface area contributed by atoms with Crippen LogP contribution in [0.4, 0.5) is 0 Å². The summed E-state index contributed by atoms with van der Waals surface area (Å²) in [5.74, 6) is 0.407. The Balaban J connectivity index is 1.32. The normalized spacial score (nSPS) is 11.0. The van der Waals surface area contributed by atoms with E-state index < -0.39 is 0 Å². The van der Waals surface area contributed by atoms with Gasteiger partial charge in [-0.25, -0.2) is 0 Å². The number of amides is 1. The summed E-state index contributed by atoms with van der Waals surface area (Å²) in [6.45, 7) is 0.236. The van der Waals surface area contributed by atoms with Crippen LogP contribution in [0.15, 0.2) is 77.8 Å². The van der Waals surface area contributed by atoms with E-state index in [9.17, 15) is 4.79 Å². The Morgan fingerprint density at radius 3 is 2.59 bits per heavy atom. The van der Waals surface area contributed by atoms with Crippen LogP contribution in [0.5, 0.6) is 0 Å². The molecule has 0 unspecified atom stereocenters. The molecular weight excluding hydrogens is 384 g/mol. The van der Waals surface area contributed by atoms with Gasteiger partial charge in [0.2, 0.25) is 0 Å². The number of carbonyl (C=O) groups is 1. The average Bonchev–Trinajstić information content (AvgIpc) is 3.54. The summed E-state index contributed by atoms with van der Waals surface area (Å²) >= 11 is 1.62. The highest BCUT2D eigenvalue weighted by Crippen LogP contribution is 2.20. The predicted molar refractivity (Wildman–Crippen MR) is 111 cm³/mol. The third-order valence-electron chi connectivity index (χ3n) is 4.58. The second-order valence-corrected chi connectivity index (χ2v) is 7.22. The topological polar surface area (TPSA) is 77.1 Å². The summed E-state index contributed by atoms with van der Waals surface area (Å²) in [5.41, 5.74) is 4.11. The first kappa shape index (κ1) is 17.3. The van der Waals surface area contributed by atoms with Crippen LogP contribution in [0.3, 0.4) is 0 Å². The molecular formula is C21H16N6OS. The molecule has 0 aliphatic heterocycles. The Labute approximate surface area is 170 Å². The SMILES string of the molecule is O=C(NCc1nnc2ccc(-c3ccsc3)nn12)c1ccc(-n2cccc2)cc1. The average molecular weight is 400 g/mol. The number of hydrogen-bond donors (Lipinski definition) is 1. The first-order valence-electron chi connectivity index (χ1n) is 9.03. The Morgan fingerprint density at radius 1 is 1.00 bits per heavy atom. The molecule has 1 amide bonds. The van der Waals surface area contributed by atoms with E-state index in [1.54, 1.807) is 28.0 Å². The highest BCUT2D eigenvalue weighted by molar-refractivity contribution is 7.08. The molecule has 0 saturated heterocycles. The second kappa shape index (κ2) is 7.33. The third kappa shape index (κ3) is 3.41. The van der Waals surface area contributed by atoms with Crippen molar-refractivity contribution in [1.29, 1.82) is 0 Å². The lowest BCUT2D eigenvalue weighted by atomic mass is 10.2. The lowest BCUT2D eigenvalue weighted by Crippen LogP contribution is -2.24. The smallest absolute Gasteiger partial charge is 0.251 e. The Kier molecular flexibility index (Phi) is 4.38. The van der Waals surface area contributed by atoms with E-state index in [1.807, 2.05) is 70.2 Å². The van der Waals surface area contributed by atoms with Crippen molar-refractivity contribution >= 4 is 22.9 Å². The fraction of sp³-hybridized carbons (Fsp3) is 0.0476. The van der Waals surface area contributed by atoms with Crippen molar-refractivity contribution in [1.82, 2.24) is 29.7 Å². The van der Waals surface area contributed by atoms with Gasteiger partial charge in [0, 0.05) is 34.6 Å². The highest BCUT2D eigenvalue weighted by Gasteiger charge is 2.11. The summed E-state index contributed by atoms with van der Waals surface area (Å²) in [7, 11) is 0. The monoisotopic (exact) mass is 400 g/mol. The van der Waals surface area contributed by atoms with E-state index in [0.29, 0.717) is 17.0 Å². The van der Waals surface area contributed by atoms with Crippen molar-refractivity contribution in [3.8, 4) is 16.9 Å². The molecule has 1 N–H and O–H groups in total. The van der Waals surface area contributed by atoms with Crippen molar-refractivity contribution in [2.45, 2.75) is 6.54 Å². The van der Waals surface area contributed by atoms with Crippen LogP contribution in [0, 0.1) is 0 Å². The van der Waals surface area contributed by atoms with Crippen LogP contribution in [0.25, 0.3) is 22.6 Å². The number of rotatable bonds is 5. The first-order chi connectivity index (χ1) is 14.3. The molecule has 4 heterocycles. The van der Waals surface area contributed by atoms with Crippen molar-refractivity contribution in [2.75, 3.05) is 0 Å². The number of nitrogens with zero attached hydrogens (tertiary/aromatic N) is 5. The molecule has 0 saturated carbocycles. The summed E-state index contributed by atoms with van der Waals surface area (Å²) in [4.78, 5) is 12.5. The molecule has 29 heavy (non-hydrogen) atoms. The zero-order valence-corrected chi connectivity index (χ0v) is 16.1. The van der Waals surface area contributed by atoms with Gasteiger partial charge in [-0.1, -0.05) is 0 Å². The van der Waals surface area contributed by atoms with Crippen LogP contribution in [-0.4, -0.2) is 30.3 Å². The number of nitrogens with one attached hydrogen (secondary N) is 1. The molecule has 4 aromatic heterocycles. The van der Waals surface area contributed by atoms with Gasteiger partial charge in [-0.2, -0.15) is 21.0 Å². The van der Waals surface area contributed by atoms with Gasteiger partial charge in [-0.05, 0) is 60.0 Å². The standard InChI is InChI=1S/C21H16N6OS/c28-21(15-3-5-17(6-4-15)26-10-1-2-11-26)22-13-20-24-23-19-8-7-18(25-27(19)20)16-9-12-29-14-16/h1-12,14H,13H2,(H,22,28). The Morgan fingerprint density at radius 2 is 1.83 bits per heavy atom. The lowest BCUT2D eigenvalue weighted by Gasteiger charge is -2.07. The van der Waals surface area contributed by atoms with Crippen molar-refractivity contribution in [3.63, 3.8) is 0 Å². The van der Waals surface area contributed by atoms with Crippen LogP contribution in [0.2, 0.25) is 0 Å². The van der Waals surface area contributed by atoms with Gasteiger partial charge >= 0.3 is 0 Å². The molecule has 0 aliphatic carbocycles. The largest absolute Gasteiger partial charge is 0.345 e. The molecule has 0 radical (unpaired) electrons. The van der Waals surface area contributed by atoms with Crippen LogP contribution in [-0.2, 0) is 6.54 Å². The minimum Gasteiger partial charge on any atom is -0.345 e. The summed E-state index contributed by atoms with van der Waals surface area (Å²) in [5, 5.41) is 19.9. The van der Waals surface area contributed by atoms with Crippen molar-refractivity contribution in [2.24, 2.45) is 0 Å². The molecule has 1 aromatic carbocycles. The molecule has 0 spiro atoms. The minimum atomic E-state index is -0.171. The van der Waals surface area contributed by atoms with Crippen LogP contribution < -0.4 is 5.32 Å². The van der Waals surface area contributed by atoms with Gasteiger partial charge in [0.1, 0.15) is 0 Å². The number of aromatic nitrogens is 5. The summed E-state index contributed by atoms with van der Waals surface area (Å²) < 4.78 is 3.66. The molecule has 0 atom stereocenters. The summed E-state index contributed by atoms with van der Waals surface area (Å²) in [6, 6.07) is 17.2. The Hall–Kier alpha value is -3.78. The highest BCUT2D eigenvalue weighted by atomic mass is 32.1. The van der Waals surface area contributed by atoms with Crippen molar-refractivity contribution in [3.05, 3.63) is 89.1 Å². The number of carbonyl (C=O) groups excluding carboxylic acids is 1. The molecule has 142 valence electrons. The molecule has 0 bridgehead atoms. The predicted octanol–water partition coefficient (Wildman–Crippen LogP) is 3.57. The van der Waals surface area contributed by atoms with Crippen LogP contribution in [0.1, 0.15) is 16.2 Å².